The summed E-state index contributed by atoms with van der Waals surface area (Å²) in [6.45, 7) is 8.00. The highest BCUT2D eigenvalue weighted by molar-refractivity contribution is 7.80. The molecule has 0 saturated carbocycles. The molecule has 2 aromatic rings. The molecule has 3 nitrogen and oxygen atoms in total. The van der Waals surface area contributed by atoms with Crippen LogP contribution in [0.25, 0.3) is 12.2 Å². The third-order valence-corrected chi connectivity index (χ3v) is 3.35. The SMILES string of the molecule is CC.CC.S=C(Oc1ccccc1)n1c2c(oc1=S)C=CCC=C2. The van der Waals surface area contributed by atoms with E-state index in [4.69, 9.17) is 33.6 Å². The van der Waals surface area contributed by atoms with Crippen molar-refractivity contribution in [2.45, 2.75) is 34.1 Å². The van der Waals surface area contributed by atoms with Crippen LogP contribution in [0.5, 0.6) is 5.75 Å². The fourth-order valence-corrected chi connectivity index (χ4v) is 2.52. The van der Waals surface area contributed by atoms with Crippen LogP contribution < -0.4 is 4.74 Å². The van der Waals surface area contributed by atoms with Gasteiger partial charge in [0.05, 0.1) is 5.69 Å². The molecule has 0 fully saturated rings. The summed E-state index contributed by atoms with van der Waals surface area (Å²) in [7, 11) is 0. The number of aromatic nitrogens is 1. The normalized spacial score (nSPS) is 11.2. The van der Waals surface area contributed by atoms with Crippen molar-refractivity contribution in [2.24, 2.45) is 0 Å². The molecular formula is C19H23NO2S2. The number of rotatable bonds is 1. The molecule has 0 radical (unpaired) electrons. The average Bonchev–Trinajstić information content (AvgIpc) is 2.79. The predicted molar refractivity (Wildman–Crippen MR) is 108 cm³/mol. The van der Waals surface area contributed by atoms with Gasteiger partial charge in [0.15, 0.2) is 5.76 Å². The van der Waals surface area contributed by atoms with Gasteiger partial charge in [0.2, 0.25) is 0 Å². The molecule has 0 spiro atoms. The molecule has 128 valence electrons. The fourth-order valence-electron chi connectivity index (χ4n) is 1.92. The fraction of sp³-hybridized carbons (Fsp3) is 0.263. The van der Waals surface area contributed by atoms with Crippen LogP contribution in [0.3, 0.4) is 0 Å². The zero-order chi connectivity index (χ0) is 17.9. The van der Waals surface area contributed by atoms with Gasteiger partial charge >= 0.3 is 0 Å². The first-order valence-corrected chi connectivity index (χ1v) is 8.93. The van der Waals surface area contributed by atoms with Crippen molar-refractivity contribution in [2.75, 3.05) is 0 Å². The minimum Gasteiger partial charge on any atom is -0.431 e. The Balaban J connectivity index is 0.000000671. The molecule has 5 heteroatoms. The standard InChI is InChI=1S/C15H11NO2S2.2C2H6/c19-14(17-11-7-3-1-4-8-11)16-12-9-5-2-6-10-13(12)18-15(16)20;2*1-2/h1,3-10H,2H2;2*1-2H3. The van der Waals surface area contributed by atoms with Crippen LogP contribution in [0.15, 0.2) is 46.9 Å². The van der Waals surface area contributed by atoms with Gasteiger partial charge in [0.1, 0.15) is 5.75 Å². The van der Waals surface area contributed by atoms with Crippen molar-refractivity contribution in [1.82, 2.24) is 4.57 Å². The van der Waals surface area contributed by atoms with Crippen LogP contribution in [-0.4, -0.2) is 9.74 Å². The highest BCUT2D eigenvalue weighted by atomic mass is 32.1. The molecule has 1 aliphatic rings. The van der Waals surface area contributed by atoms with Gasteiger partial charge in [0, 0.05) is 0 Å². The number of hydrogen-bond acceptors (Lipinski definition) is 4. The second kappa shape index (κ2) is 10.7. The molecule has 0 unspecified atom stereocenters. The molecule has 3 rings (SSSR count). The largest absolute Gasteiger partial charge is 0.431 e. The third-order valence-electron chi connectivity index (χ3n) is 2.82. The lowest BCUT2D eigenvalue weighted by molar-refractivity contribution is 0.502. The summed E-state index contributed by atoms with van der Waals surface area (Å²) < 4.78 is 12.8. The Morgan fingerprint density at radius 2 is 1.67 bits per heavy atom. The van der Waals surface area contributed by atoms with E-state index < -0.39 is 0 Å². The predicted octanol–water partition coefficient (Wildman–Crippen LogP) is 6.51. The summed E-state index contributed by atoms with van der Waals surface area (Å²) >= 11 is 10.5. The number of oxazole rings is 1. The monoisotopic (exact) mass is 361 g/mol. The summed E-state index contributed by atoms with van der Waals surface area (Å²) in [4.78, 5) is 0.284. The number of fused-ring (bicyclic) bond motifs is 1. The van der Waals surface area contributed by atoms with Gasteiger partial charge in [-0.2, -0.15) is 0 Å². The first-order chi connectivity index (χ1) is 11.8. The van der Waals surface area contributed by atoms with Crippen LogP contribution in [0.4, 0.5) is 0 Å². The Labute approximate surface area is 154 Å². The summed E-state index contributed by atoms with van der Waals surface area (Å²) in [6.07, 6.45) is 8.71. The second-order valence-electron chi connectivity index (χ2n) is 4.17. The molecule has 0 bridgehead atoms. The van der Waals surface area contributed by atoms with Gasteiger partial charge in [-0.1, -0.05) is 58.0 Å². The molecule has 0 atom stereocenters. The Kier molecular flexibility index (Phi) is 8.97. The first-order valence-electron chi connectivity index (χ1n) is 8.12. The Morgan fingerprint density at radius 1 is 1.04 bits per heavy atom. The lowest BCUT2D eigenvalue weighted by Gasteiger charge is -2.08. The van der Waals surface area contributed by atoms with E-state index in [-0.39, 0.29) is 10.0 Å². The number of benzene rings is 1. The minimum absolute atomic E-state index is 0.256. The number of ether oxygens (including phenoxy) is 1. The van der Waals surface area contributed by atoms with Crippen molar-refractivity contribution in [3.63, 3.8) is 0 Å². The van der Waals surface area contributed by atoms with Gasteiger partial charge < -0.3 is 9.15 Å². The highest BCUT2D eigenvalue weighted by Crippen LogP contribution is 2.21. The second-order valence-corrected chi connectivity index (χ2v) is 4.87. The molecule has 0 amide bonds. The van der Waals surface area contributed by atoms with Crippen molar-refractivity contribution >= 4 is 41.8 Å². The molecule has 1 aromatic heterocycles. The van der Waals surface area contributed by atoms with E-state index in [0.29, 0.717) is 11.5 Å². The number of nitrogens with zero attached hydrogens (tertiary/aromatic N) is 1. The van der Waals surface area contributed by atoms with Crippen LogP contribution in [0, 0.1) is 4.84 Å². The van der Waals surface area contributed by atoms with Gasteiger partial charge in [-0.25, -0.2) is 4.57 Å². The summed E-state index contributed by atoms with van der Waals surface area (Å²) in [5, 5.41) is 0.256. The number of allylic oxidation sites excluding steroid dienone is 2. The maximum atomic E-state index is 5.66. The topological polar surface area (TPSA) is 27.3 Å². The molecular weight excluding hydrogens is 338 g/mol. The third kappa shape index (κ3) is 5.01. The summed E-state index contributed by atoms with van der Waals surface area (Å²) in [6, 6.07) is 9.36. The van der Waals surface area contributed by atoms with E-state index in [9.17, 15) is 0 Å². The van der Waals surface area contributed by atoms with E-state index in [0.717, 1.165) is 12.1 Å². The zero-order valence-corrected chi connectivity index (χ0v) is 16.1. The van der Waals surface area contributed by atoms with Crippen molar-refractivity contribution in [3.05, 3.63) is 58.8 Å². The zero-order valence-electron chi connectivity index (χ0n) is 14.5. The Morgan fingerprint density at radius 3 is 2.33 bits per heavy atom. The molecule has 0 aliphatic heterocycles. The van der Waals surface area contributed by atoms with Crippen LogP contribution in [0.1, 0.15) is 45.6 Å². The number of thiocarbonyl (C=S) groups is 1. The summed E-state index contributed by atoms with van der Waals surface area (Å²) in [5.74, 6) is 1.37. The molecule has 0 saturated heterocycles. The van der Waals surface area contributed by atoms with E-state index in [1.165, 1.54) is 0 Å². The number of hydrogen-bond donors (Lipinski definition) is 0. The van der Waals surface area contributed by atoms with Crippen LogP contribution in [0.2, 0.25) is 0 Å². The van der Waals surface area contributed by atoms with E-state index in [2.05, 4.69) is 0 Å². The van der Waals surface area contributed by atoms with E-state index >= 15 is 0 Å². The maximum Gasteiger partial charge on any atom is 0.277 e. The van der Waals surface area contributed by atoms with Gasteiger partial charge in [-0.15, -0.1) is 0 Å². The van der Waals surface area contributed by atoms with Crippen molar-refractivity contribution in [3.8, 4) is 5.75 Å². The van der Waals surface area contributed by atoms with Crippen molar-refractivity contribution < 1.29 is 9.15 Å². The highest BCUT2D eigenvalue weighted by Gasteiger charge is 2.16. The lowest BCUT2D eigenvalue weighted by atomic mass is 10.3. The van der Waals surface area contributed by atoms with Crippen LogP contribution >= 0.6 is 24.4 Å². The quantitative estimate of drug-likeness (QED) is 0.541. The molecule has 1 heterocycles. The lowest BCUT2D eigenvalue weighted by Crippen LogP contribution is -2.17. The van der Waals surface area contributed by atoms with Crippen LogP contribution in [-0.2, 0) is 0 Å². The maximum absolute atomic E-state index is 5.66. The first kappa shape index (κ1) is 20.1. The summed E-state index contributed by atoms with van der Waals surface area (Å²) in [5.41, 5.74) is 0.810. The van der Waals surface area contributed by atoms with Crippen molar-refractivity contribution in [1.29, 1.82) is 0 Å². The molecule has 1 aromatic carbocycles. The minimum atomic E-state index is 0.256. The van der Waals surface area contributed by atoms with E-state index in [1.54, 1.807) is 4.57 Å². The number of para-hydroxylation sites is 1. The Hall–Kier alpha value is -1.98. The molecule has 24 heavy (non-hydrogen) atoms. The Bertz CT molecular complexity index is 755. The van der Waals surface area contributed by atoms with Gasteiger partial charge in [-0.3, -0.25) is 0 Å². The molecule has 1 aliphatic carbocycles. The smallest absolute Gasteiger partial charge is 0.277 e. The molecule has 0 N–H and O–H groups in total. The van der Waals surface area contributed by atoms with E-state index in [1.807, 2.05) is 82.3 Å². The van der Waals surface area contributed by atoms with Gasteiger partial charge in [-0.05, 0) is 55.1 Å². The van der Waals surface area contributed by atoms with Gasteiger partial charge in [0.25, 0.3) is 10.0 Å². The average molecular weight is 362 g/mol.